The number of nitrogens with one attached hydrogen (secondary N) is 2. The number of aromatic nitrogens is 1. The lowest BCUT2D eigenvalue weighted by atomic mass is 9.99. The summed E-state index contributed by atoms with van der Waals surface area (Å²) in [6.45, 7) is 10.5. The van der Waals surface area contributed by atoms with Crippen LogP contribution in [-0.4, -0.2) is 62.7 Å². The minimum atomic E-state index is 0. The van der Waals surface area contributed by atoms with E-state index in [1.54, 1.807) is 0 Å². The van der Waals surface area contributed by atoms with E-state index >= 15 is 0 Å². The molecular weight excluding hydrogens is 451 g/mol. The molecule has 154 valence electrons. The summed E-state index contributed by atoms with van der Waals surface area (Å²) in [6.07, 6.45) is 3.83. The smallest absolute Gasteiger partial charge is 0.191 e. The number of hydrogen-bond acceptors (Lipinski definition) is 4. The highest BCUT2D eigenvalue weighted by Gasteiger charge is 2.14. The number of likely N-dealkylation sites (tertiary alicyclic amines) is 1. The number of halogens is 1. The van der Waals surface area contributed by atoms with Crippen molar-refractivity contribution in [3.05, 3.63) is 23.9 Å². The summed E-state index contributed by atoms with van der Waals surface area (Å²) < 4.78 is 0. The third-order valence-corrected chi connectivity index (χ3v) is 4.81. The van der Waals surface area contributed by atoms with Crippen LogP contribution in [0.3, 0.4) is 0 Å². The van der Waals surface area contributed by atoms with E-state index in [-0.39, 0.29) is 24.0 Å². The van der Waals surface area contributed by atoms with Crippen molar-refractivity contribution in [2.45, 2.75) is 39.7 Å². The maximum atomic E-state index is 4.68. The van der Waals surface area contributed by atoms with Crippen LogP contribution in [0.4, 0.5) is 5.82 Å². The Bertz CT molecular complexity index is 555. The highest BCUT2D eigenvalue weighted by atomic mass is 127. The van der Waals surface area contributed by atoms with E-state index in [1.807, 2.05) is 37.2 Å². The van der Waals surface area contributed by atoms with Gasteiger partial charge in [0, 0.05) is 27.2 Å². The van der Waals surface area contributed by atoms with E-state index in [4.69, 9.17) is 0 Å². The zero-order chi connectivity index (χ0) is 18.8. The molecule has 0 aromatic carbocycles. The Morgan fingerprint density at radius 1 is 1.26 bits per heavy atom. The summed E-state index contributed by atoms with van der Waals surface area (Å²) in [7, 11) is 4.01. The molecule has 1 aliphatic rings. The van der Waals surface area contributed by atoms with Gasteiger partial charge >= 0.3 is 0 Å². The first-order valence-corrected chi connectivity index (χ1v) is 9.96. The Balaban J connectivity index is 0.00000364. The summed E-state index contributed by atoms with van der Waals surface area (Å²) in [5.74, 6) is 2.74. The van der Waals surface area contributed by atoms with E-state index in [1.165, 1.54) is 32.5 Å². The topological polar surface area (TPSA) is 55.8 Å². The van der Waals surface area contributed by atoms with E-state index in [0.717, 1.165) is 42.9 Å². The van der Waals surface area contributed by atoms with Crippen LogP contribution in [0.15, 0.2) is 23.2 Å². The molecule has 0 spiro atoms. The van der Waals surface area contributed by atoms with Gasteiger partial charge in [-0.2, -0.15) is 0 Å². The fourth-order valence-electron chi connectivity index (χ4n) is 3.10. The van der Waals surface area contributed by atoms with Crippen molar-refractivity contribution >= 4 is 35.8 Å². The quantitative estimate of drug-likeness (QED) is 0.255. The number of rotatable bonds is 8. The zero-order valence-electron chi connectivity index (χ0n) is 17.4. The van der Waals surface area contributed by atoms with Gasteiger partial charge in [0.05, 0.1) is 12.2 Å². The van der Waals surface area contributed by atoms with Crippen molar-refractivity contribution in [3.63, 3.8) is 0 Å². The van der Waals surface area contributed by atoms with Gasteiger partial charge in [-0.1, -0.05) is 13.0 Å². The number of hydrogen-bond donors (Lipinski definition) is 2. The van der Waals surface area contributed by atoms with Gasteiger partial charge in [0.1, 0.15) is 5.82 Å². The van der Waals surface area contributed by atoms with Crippen molar-refractivity contribution in [1.82, 2.24) is 20.5 Å². The molecule has 7 heteroatoms. The van der Waals surface area contributed by atoms with Crippen molar-refractivity contribution in [1.29, 1.82) is 0 Å². The maximum absolute atomic E-state index is 4.68. The van der Waals surface area contributed by atoms with Crippen LogP contribution in [0.2, 0.25) is 0 Å². The van der Waals surface area contributed by atoms with Crippen LogP contribution < -0.4 is 15.5 Å². The molecule has 0 radical (unpaired) electrons. The third-order valence-electron chi connectivity index (χ3n) is 4.81. The van der Waals surface area contributed by atoms with Crippen LogP contribution in [0.1, 0.15) is 38.8 Å². The molecule has 2 rings (SSSR count). The lowest BCUT2D eigenvalue weighted by Crippen LogP contribution is -2.39. The molecular formula is C20H37IN6. The average molecular weight is 488 g/mol. The minimum Gasteiger partial charge on any atom is -0.363 e. The molecule has 1 fully saturated rings. The van der Waals surface area contributed by atoms with Crippen molar-refractivity contribution in [2.24, 2.45) is 10.9 Å². The molecule has 2 N–H and O–H groups in total. The van der Waals surface area contributed by atoms with Gasteiger partial charge in [-0.05, 0) is 63.9 Å². The number of nitrogens with zero attached hydrogens (tertiary/aromatic N) is 4. The first kappa shape index (κ1) is 23.9. The minimum absolute atomic E-state index is 0. The predicted octanol–water partition coefficient (Wildman–Crippen LogP) is 2.94. The zero-order valence-corrected chi connectivity index (χ0v) is 19.7. The highest BCUT2D eigenvalue weighted by molar-refractivity contribution is 14.0. The molecule has 2 heterocycles. The van der Waals surface area contributed by atoms with Gasteiger partial charge in [0.15, 0.2) is 5.96 Å². The third kappa shape index (κ3) is 9.10. The predicted molar refractivity (Wildman–Crippen MR) is 126 cm³/mol. The summed E-state index contributed by atoms with van der Waals surface area (Å²) in [5, 5.41) is 6.77. The van der Waals surface area contributed by atoms with Gasteiger partial charge in [-0.15, -0.1) is 24.0 Å². The first-order valence-electron chi connectivity index (χ1n) is 9.96. The number of anilines is 1. The lowest BCUT2D eigenvalue weighted by molar-refractivity contribution is 0.191. The highest BCUT2D eigenvalue weighted by Crippen LogP contribution is 2.15. The van der Waals surface area contributed by atoms with E-state index < -0.39 is 0 Å². The van der Waals surface area contributed by atoms with E-state index in [9.17, 15) is 0 Å². The second-order valence-electron chi connectivity index (χ2n) is 7.38. The van der Waals surface area contributed by atoms with Crippen LogP contribution in [0, 0.1) is 5.92 Å². The summed E-state index contributed by atoms with van der Waals surface area (Å²) >= 11 is 0. The monoisotopic (exact) mass is 488 g/mol. The lowest BCUT2D eigenvalue weighted by Gasteiger charge is -2.30. The fraction of sp³-hybridized carbons (Fsp3) is 0.700. The summed E-state index contributed by atoms with van der Waals surface area (Å²) in [5.41, 5.74) is 0.982. The number of guanidine groups is 1. The number of aliphatic imine (C=N–C) groups is 1. The second-order valence-corrected chi connectivity index (χ2v) is 7.38. The standard InChI is InChI=1S/C20H36N6.HI/c1-5-21-20(22-12-7-13-26-14-10-17(2)11-15-26)23-16-18-8-6-9-19(24-18)25(3)4;/h6,8-9,17H,5,7,10-16H2,1-4H3,(H2,21,22,23);1H. The Hall–Kier alpha value is -1.09. The SMILES string of the molecule is CCNC(=NCc1cccc(N(C)C)n1)NCCCN1CCC(C)CC1.I. The van der Waals surface area contributed by atoms with Gasteiger partial charge in [0.2, 0.25) is 0 Å². The molecule has 0 atom stereocenters. The first-order chi connectivity index (χ1) is 12.6. The number of piperidine rings is 1. The molecule has 1 aromatic heterocycles. The summed E-state index contributed by atoms with van der Waals surface area (Å²) in [4.78, 5) is 13.9. The van der Waals surface area contributed by atoms with Gasteiger partial charge in [0.25, 0.3) is 0 Å². The number of pyridine rings is 1. The Labute approximate surface area is 182 Å². The molecule has 0 amide bonds. The van der Waals surface area contributed by atoms with Gasteiger partial charge in [-0.25, -0.2) is 9.98 Å². The van der Waals surface area contributed by atoms with Crippen LogP contribution in [-0.2, 0) is 6.54 Å². The molecule has 1 aromatic rings. The maximum Gasteiger partial charge on any atom is 0.191 e. The molecule has 0 unspecified atom stereocenters. The normalized spacial score (nSPS) is 15.9. The fourth-order valence-corrected chi connectivity index (χ4v) is 3.10. The van der Waals surface area contributed by atoms with Gasteiger partial charge < -0.3 is 20.4 Å². The average Bonchev–Trinajstić information content (AvgIpc) is 2.64. The van der Waals surface area contributed by atoms with E-state index in [0.29, 0.717) is 6.54 Å². The van der Waals surface area contributed by atoms with Crippen molar-refractivity contribution in [3.8, 4) is 0 Å². The molecule has 0 bridgehead atoms. The molecule has 0 saturated carbocycles. The van der Waals surface area contributed by atoms with Crippen LogP contribution in [0.25, 0.3) is 0 Å². The van der Waals surface area contributed by atoms with Crippen molar-refractivity contribution in [2.75, 3.05) is 51.7 Å². The largest absolute Gasteiger partial charge is 0.363 e. The van der Waals surface area contributed by atoms with Crippen LogP contribution in [0.5, 0.6) is 0 Å². The Morgan fingerprint density at radius 2 is 2.00 bits per heavy atom. The van der Waals surface area contributed by atoms with Crippen LogP contribution >= 0.6 is 24.0 Å². The second kappa shape index (κ2) is 13.1. The van der Waals surface area contributed by atoms with E-state index in [2.05, 4.69) is 39.4 Å². The molecule has 6 nitrogen and oxygen atoms in total. The molecule has 0 aliphatic carbocycles. The molecule has 1 aliphatic heterocycles. The van der Waals surface area contributed by atoms with Crippen molar-refractivity contribution < 1.29 is 0 Å². The van der Waals surface area contributed by atoms with Gasteiger partial charge in [-0.3, -0.25) is 0 Å². The molecule has 27 heavy (non-hydrogen) atoms. The molecule has 1 saturated heterocycles. The summed E-state index contributed by atoms with van der Waals surface area (Å²) in [6, 6.07) is 6.07. The Morgan fingerprint density at radius 3 is 2.67 bits per heavy atom. The Kier molecular flexibility index (Phi) is 11.7.